The number of nitrogens with zero attached hydrogens (tertiary/aromatic N) is 5. The van der Waals surface area contributed by atoms with E-state index in [1.54, 1.807) is 22.9 Å². The first-order valence-corrected chi connectivity index (χ1v) is 10.9. The van der Waals surface area contributed by atoms with Crippen LogP contribution in [0.25, 0.3) is 27.5 Å². The highest BCUT2D eigenvalue weighted by atomic mass is 19.1. The zero-order chi connectivity index (χ0) is 24.7. The quantitative estimate of drug-likeness (QED) is 0.394. The van der Waals surface area contributed by atoms with Gasteiger partial charge < -0.3 is 10.8 Å². The zero-order valence-electron chi connectivity index (χ0n) is 19.0. The van der Waals surface area contributed by atoms with E-state index in [9.17, 15) is 14.3 Å². The van der Waals surface area contributed by atoms with Crippen molar-refractivity contribution in [3.8, 4) is 17.5 Å². The molecule has 3 aromatic heterocycles. The molecule has 8 nitrogen and oxygen atoms in total. The van der Waals surface area contributed by atoms with Crippen molar-refractivity contribution in [2.24, 2.45) is 0 Å². The lowest BCUT2D eigenvalue weighted by atomic mass is 10.1. The SMILES string of the molecule is Cc1cccc2cc(Cn3nc(C#CC(C)O)c4c(N)ncnc43)n(-c3ccccc3F)c(=O)c12. The third-order valence-corrected chi connectivity index (χ3v) is 5.69. The number of aliphatic hydroxyl groups is 1. The minimum absolute atomic E-state index is 0.0801. The molecule has 3 N–H and O–H groups in total. The molecule has 0 aliphatic rings. The van der Waals surface area contributed by atoms with Crippen LogP contribution >= 0.6 is 0 Å². The number of hydrogen-bond acceptors (Lipinski definition) is 6. The fourth-order valence-electron chi connectivity index (χ4n) is 4.16. The second kappa shape index (κ2) is 8.66. The van der Waals surface area contributed by atoms with E-state index in [-0.39, 0.29) is 23.6 Å². The van der Waals surface area contributed by atoms with Crippen LogP contribution in [0, 0.1) is 24.6 Å². The van der Waals surface area contributed by atoms with Gasteiger partial charge in [-0.15, -0.1) is 0 Å². The third kappa shape index (κ3) is 3.90. The van der Waals surface area contributed by atoms with Gasteiger partial charge in [-0.2, -0.15) is 5.10 Å². The molecule has 35 heavy (non-hydrogen) atoms. The summed E-state index contributed by atoms with van der Waals surface area (Å²) < 4.78 is 17.8. The van der Waals surface area contributed by atoms with Gasteiger partial charge >= 0.3 is 0 Å². The summed E-state index contributed by atoms with van der Waals surface area (Å²) in [7, 11) is 0. The Morgan fingerprint density at radius 1 is 1.14 bits per heavy atom. The number of nitrogen functional groups attached to an aromatic ring is 1. The van der Waals surface area contributed by atoms with Gasteiger partial charge in [0.1, 0.15) is 29.8 Å². The molecule has 0 amide bonds. The first-order valence-electron chi connectivity index (χ1n) is 10.9. The Kier molecular flexibility index (Phi) is 5.51. The van der Waals surface area contributed by atoms with E-state index in [1.165, 1.54) is 23.9 Å². The fraction of sp³-hybridized carbons (Fsp3) is 0.154. The number of para-hydroxylation sites is 1. The third-order valence-electron chi connectivity index (χ3n) is 5.69. The molecule has 2 aromatic carbocycles. The number of aryl methyl sites for hydroxylation is 1. The van der Waals surface area contributed by atoms with Crippen LogP contribution in [0.15, 0.2) is 59.7 Å². The molecule has 174 valence electrons. The second-order valence-corrected chi connectivity index (χ2v) is 8.18. The Morgan fingerprint density at radius 3 is 2.71 bits per heavy atom. The van der Waals surface area contributed by atoms with Crippen molar-refractivity contribution >= 4 is 27.6 Å². The normalized spacial score (nSPS) is 12.0. The molecular weight excluding hydrogens is 447 g/mol. The Labute approximate surface area is 199 Å². The molecule has 0 aliphatic heterocycles. The van der Waals surface area contributed by atoms with Gasteiger partial charge in [-0.25, -0.2) is 19.0 Å². The highest BCUT2D eigenvalue weighted by Gasteiger charge is 2.19. The number of benzene rings is 2. The highest BCUT2D eigenvalue weighted by Crippen LogP contribution is 2.24. The van der Waals surface area contributed by atoms with Gasteiger partial charge in [0, 0.05) is 5.69 Å². The van der Waals surface area contributed by atoms with E-state index in [0.29, 0.717) is 27.8 Å². The highest BCUT2D eigenvalue weighted by molar-refractivity contribution is 5.90. The van der Waals surface area contributed by atoms with Crippen LogP contribution in [0.3, 0.4) is 0 Å². The van der Waals surface area contributed by atoms with Crippen LogP contribution < -0.4 is 11.3 Å². The summed E-state index contributed by atoms with van der Waals surface area (Å²) in [5, 5.41) is 15.8. The van der Waals surface area contributed by atoms with E-state index in [2.05, 4.69) is 26.9 Å². The number of fused-ring (bicyclic) bond motifs is 2. The molecule has 1 unspecified atom stereocenters. The van der Waals surface area contributed by atoms with Gasteiger partial charge in [0.25, 0.3) is 5.56 Å². The summed E-state index contributed by atoms with van der Waals surface area (Å²) in [6, 6.07) is 13.5. The summed E-state index contributed by atoms with van der Waals surface area (Å²) in [5.41, 5.74) is 7.89. The summed E-state index contributed by atoms with van der Waals surface area (Å²) >= 11 is 0. The van der Waals surface area contributed by atoms with Gasteiger partial charge in [-0.05, 0) is 48.9 Å². The molecule has 0 radical (unpaired) electrons. The number of nitrogens with two attached hydrogens (primary N) is 1. The van der Waals surface area contributed by atoms with Gasteiger partial charge in [-0.3, -0.25) is 9.36 Å². The van der Waals surface area contributed by atoms with E-state index in [1.807, 2.05) is 31.2 Å². The molecule has 0 bridgehead atoms. The largest absolute Gasteiger partial charge is 0.383 e. The van der Waals surface area contributed by atoms with Crippen molar-refractivity contribution in [1.29, 1.82) is 0 Å². The number of halogens is 1. The molecule has 0 fully saturated rings. The predicted octanol–water partition coefficient (Wildman–Crippen LogP) is 2.94. The second-order valence-electron chi connectivity index (χ2n) is 8.18. The zero-order valence-corrected chi connectivity index (χ0v) is 19.0. The van der Waals surface area contributed by atoms with Crippen LogP contribution in [0.1, 0.15) is 23.9 Å². The predicted molar refractivity (Wildman–Crippen MR) is 132 cm³/mol. The first-order chi connectivity index (χ1) is 16.8. The molecule has 5 rings (SSSR count). The van der Waals surface area contributed by atoms with Gasteiger partial charge in [-0.1, -0.05) is 36.3 Å². The maximum Gasteiger partial charge on any atom is 0.263 e. The lowest BCUT2D eigenvalue weighted by molar-refractivity contribution is 0.253. The maximum atomic E-state index is 14.9. The molecule has 0 spiro atoms. The molecule has 1 atom stereocenters. The molecule has 0 saturated carbocycles. The monoisotopic (exact) mass is 468 g/mol. The average Bonchev–Trinajstić information content (AvgIpc) is 3.17. The maximum absolute atomic E-state index is 14.9. The smallest absolute Gasteiger partial charge is 0.263 e. The fourth-order valence-corrected chi connectivity index (χ4v) is 4.16. The van der Waals surface area contributed by atoms with Crippen LogP contribution in [-0.2, 0) is 6.54 Å². The van der Waals surface area contributed by atoms with Crippen LogP contribution in [-0.4, -0.2) is 35.5 Å². The molecular formula is C26H21FN6O2. The van der Waals surface area contributed by atoms with E-state index in [0.717, 1.165) is 10.9 Å². The molecule has 5 aromatic rings. The molecule has 9 heteroatoms. The average molecular weight is 468 g/mol. The summed E-state index contributed by atoms with van der Waals surface area (Å²) in [6.07, 6.45) is 0.450. The van der Waals surface area contributed by atoms with Crippen molar-refractivity contribution in [1.82, 2.24) is 24.3 Å². The Hall–Kier alpha value is -4.55. The number of aliphatic hydroxyl groups excluding tert-OH is 1. The summed E-state index contributed by atoms with van der Waals surface area (Å²) in [4.78, 5) is 22.0. The lowest BCUT2D eigenvalue weighted by Crippen LogP contribution is -2.25. The lowest BCUT2D eigenvalue weighted by Gasteiger charge is -2.16. The number of aromatic nitrogens is 5. The number of hydrogen-bond donors (Lipinski definition) is 2. The minimum Gasteiger partial charge on any atom is -0.383 e. The Balaban J connectivity index is 1.79. The Bertz CT molecular complexity index is 1730. The van der Waals surface area contributed by atoms with Crippen LogP contribution in [0.2, 0.25) is 0 Å². The Morgan fingerprint density at radius 2 is 1.94 bits per heavy atom. The molecule has 0 aliphatic carbocycles. The number of pyridine rings is 1. The van der Waals surface area contributed by atoms with Crippen molar-refractivity contribution < 1.29 is 9.50 Å². The molecule has 3 heterocycles. The summed E-state index contributed by atoms with van der Waals surface area (Å²) in [5.74, 6) is 5.14. The van der Waals surface area contributed by atoms with Crippen LogP contribution in [0.5, 0.6) is 0 Å². The van der Waals surface area contributed by atoms with Crippen molar-refractivity contribution in [2.75, 3.05) is 5.73 Å². The topological polar surface area (TPSA) is 112 Å². The minimum atomic E-state index is -0.865. The number of rotatable bonds is 3. The van der Waals surface area contributed by atoms with E-state index < -0.39 is 11.9 Å². The standard InChI is InChI=1S/C26H21FN6O2/c1-15-6-5-7-17-12-18(33(26(35)22(15)17)21-9-4-3-8-19(21)27)13-32-25-23(24(28)29-14-30-25)20(31-32)11-10-16(2)34/h3-9,12,14,16,34H,13H2,1-2H3,(H2,28,29,30). The van der Waals surface area contributed by atoms with Crippen molar-refractivity contribution in [3.05, 3.63) is 88.0 Å². The van der Waals surface area contributed by atoms with Gasteiger partial charge in [0.15, 0.2) is 5.65 Å². The van der Waals surface area contributed by atoms with Crippen molar-refractivity contribution in [2.45, 2.75) is 26.5 Å². The van der Waals surface area contributed by atoms with E-state index in [4.69, 9.17) is 5.73 Å². The molecule has 0 saturated heterocycles. The van der Waals surface area contributed by atoms with Crippen LogP contribution in [0.4, 0.5) is 10.2 Å². The summed E-state index contributed by atoms with van der Waals surface area (Å²) in [6.45, 7) is 3.47. The van der Waals surface area contributed by atoms with Gasteiger partial charge in [0.2, 0.25) is 0 Å². The van der Waals surface area contributed by atoms with Crippen molar-refractivity contribution in [3.63, 3.8) is 0 Å². The number of anilines is 1. The van der Waals surface area contributed by atoms with Gasteiger partial charge in [0.05, 0.1) is 23.0 Å². The first kappa shape index (κ1) is 22.3. The van der Waals surface area contributed by atoms with E-state index >= 15 is 0 Å².